The van der Waals surface area contributed by atoms with Crippen LogP contribution in [0.3, 0.4) is 0 Å². The van der Waals surface area contributed by atoms with Crippen molar-refractivity contribution in [2.45, 2.75) is 0 Å². The lowest BCUT2D eigenvalue weighted by molar-refractivity contribution is 0.629. The maximum Gasteiger partial charge on any atom is 0.123 e. The summed E-state index contributed by atoms with van der Waals surface area (Å²) in [6.07, 6.45) is 3.36. The van der Waals surface area contributed by atoms with Crippen LogP contribution in [0.25, 0.3) is 10.8 Å². The number of fused-ring (bicyclic) bond motifs is 1. The van der Waals surface area contributed by atoms with E-state index in [1.807, 2.05) is 0 Å². The second-order valence-corrected chi connectivity index (χ2v) is 3.34. The minimum atomic E-state index is -0.227. The van der Waals surface area contributed by atoms with E-state index in [0.717, 1.165) is 15.2 Å². The van der Waals surface area contributed by atoms with Gasteiger partial charge in [0.05, 0.1) is 0 Å². The molecule has 0 bridgehead atoms. The minimum Gasteiger partial charge on any atom is -0.263 e. The van der Waals surface area contributed by atoms with Gasteiger partial charge in [-0.05, 0) is 34.1 Å². The third-order valence-corrected chi connectivity index (χ3v) is 2.31. The van der Waals surface area contributed by atoms with Gasteiger partial charge in [-0.25, -0.2) is 4.39 Å². The monoisotopic (exact) mass is 225 g/mol. The van der Waals surface area contributed by atoms with Crippen molar-refractivity contribution < 1.29 is 4.39 Å². The first-order valence-electron chi connectivity index (χ1n) is 3.46. The molecular weight excluding hydrogens is 221 g/mol. The standard InChI is InChI=1S/C9H5BrFN/c10-9-5-12-4-6-1-2-7(11)3-8(6)9/h1-5H. The van der Waals surface area contributed by atoms with Gasteiger partial charge in [0.1, 0.15) is 5.82 Å². The molecule has 0 amide bonds. The summed E-state index contributed by atoms with van der Waals surface area (Å²) in [5, 5.41) is 1.79. The lowest BCUT2D eigenvalue weighted by Gasteiger charge is -1.98. The fourth-order valence-corrected chi connectivity index (χ4v) is 1.56. The highest BCUT2D eigenvalue weighted by Crippen LogP contribution is 2.22. The lowest BCUT2D eigenvalue weighted by atomic mass is 10.2. The second kappa shape index (κ2) is 2.83. The van der Waals surface area contributed by atoms with E-state index in [1.54, 1.807) is 18.5 Å². The SMILES string of the molecule is Fc1ccc2cncc(Br)c2c1. The molecule has 1 aromatic heterocycles. The first kappa shape index (κ1) is 7.68. The molecular formula is C9H5BrFN. The molecule has 3 heteroatoms. The summed E-state index contributed by atoms with van der Waals surface area (Å²) in [5.74, 6) is -0.227. The smallest absolute Gasteiger partial charge is 0.123 e. The van der Waals surface area contributed by atoms with Gasteiger partial charge in [-0.15, -0.1) is 0 Å². The number of rotatable bonds is 0. The van der Waals surface area contributed by atoms with Crippen molar-refractivity contribution in [3.05, 3.63) is 40.9 Å². The van der Waals surface area contributed by atoms with Crippen LogP contribution in [0.1, 0.15) is 0 Å². The van der Waals surface area contributed by atoms with Crippen molar-refractivity contribution in [1.29, 1.82) is 0 Å². The third kappa shape index (κ3) is 1.20. The fraction of sp³-hybridized carbons (Fsp3) is 0. The number of pyridine rings is 1. The molecule has 0 aliphatic heterocycles. The summed E-state index contributed by atoms with van der Waals surface area (Å²) in [4.78, 5) is 3.97. The molecule has 0 atom stereocenters. The number of halogens is 2. The normalized spacial score (nSPS) is 10.5. The number of nitrogens with zero attached hydrogens (tertiary/aromatic N) is 1. The van der Waals surface area contributed by atoms with Crippen molar-refractivity contribution in [2.75, 3.05) is 0 Å². The fourth-order valence-electron chi connectivity index (χ4n) is 1.10. The molecule has 0 fully saturated rings. The topological polar surface area (TPSA) is 12.9 Å². The van der Waals surface area contributed by atoms with Crippen LogP contribution in [0.5, 0.6) is 0 Å². The summed E-state index contributed by atoms with van der Waals surface area (Å²) in [5.41, 5.74) is 0. The van der Waals surface area contributed by atoms with Gasteiger partial charge in [-0.1, -0.05) is 0 Å². The van der Waals surface area contributed by atoms with E-state index in [1.165, 1.54) is 12.1 Å². The number of aromatic nitrogens is 1. The van der Waals surface area contributed by atoms with E-state index in [4.69, 9.17) is 0 Å². The van der Waals surface area contributed by atoms with Crippen molar-refractivity contribution in [2.24, 2.45) is 0 Å². The van der Waals surface area contributed by atoms with Gasteiger partial charge < -0.3 is 0 Å². The van der Waals surface area contributed by atoms with Gasteiger partial charge >= 0.3 is 0 Å². The first-order chi connectivity index (χ1) is 5.77. The Labute approximate surface area is 77.4 Å². The van der Waals surface area contributed by atoms with Gasteiger partial charge in [0.15, 0.2) is 0 Å². The lowest BCUT2D eigenvalue weighted by Crippen LogP contribution is -1.79. The molecule has 1 nitrogen and oxygen atoms in total. The summed E-state index contributed by atoms with van der Waals surface area (Å²) in [6, 6.07) is 4.62. The highest BCUT2D eigenvalue weighted by molar-refractivity contribution is 9.10. The Morgan fingerprint density at radius 1 is 1.25 bits per heavy atom. The van der Waals surface area contributed by atoms with E-state index < -0.39 is 0 Å². The van der Waals surface area contributed by atoms with Crippen molar-refractivity contribution in [1.82, 2.24) is 4.98 Å². The number of hydrogen-bond donors (Lipinski definition) is 0. The van der Waals surface area contributed by atoms with Crippen LogP contribution in [-0.2, 0) is 0 Å². The minimum absolute atomic E-state index is 0.227. The molecule has 1 aromatic carbocycles. The van der Waals surface area contributed by atoms with E-state index >= 15 is 0 Å². The molecule has 0 spiro atoms. The van der Waals surface area contributed by atoms with Gasteiger partial charge in [-0.3, -0.25) is 4.98 Å². The van der Waals surface area contributed by atoms with Crippen molar-refractivity contribution in [3.63, 3.8) is 0 Å². The quantitative estimate of drug-likeness (QED) is 0.672. The van der Waals surface area contributed by atoms with E-state index in [0.29, 0.717) is 0 Å². The molecule has 0 aliphatic carbocycles. The van der Waals surface area contributed by atoms with Gasteiger partial charge in [0, 0.05) is 27.6 Å². The molecule has 60 valence electrons. The zero-order valence-corrected chi connectivity index (χ0v) is 7.68. The summed E-state index contributed by atoms with van der Waals surface area (Å²) in [6.45, 7) is 0. The zero-order valence-electron chi connectivity index (χ0n) is 6.09. The number of hydrogen-bond acceptors (Lipinski definition) is 1. The average molecular weight is 226 g/mol. The van der Waals surface area contributed by atoms with Crippen LogP contribution in [0.2, 0.25) is 0 Å². The van der Waals surface area contributed by atoms with Crippen LogP contribution in [0.4, 0.5) is 4.39 Å². The second-order valence-electron chi connectivity index (χ2n) is 2.49. The molecule has 0 unspecified atom stereocenters. The zero-order chi connectivity index (χ0) is 8.55. The highest BCUT2D eigenvalue weighted by atomic mass is 79.9. The summed E-state index contributed by atoms with van der Waals surface area (Å²) < 4.78 is 13.6. The maximum atomic E-state index is 12.8. The summed E-state index contributed by atoms with van der Waals surface area (Å²) >= 11 is 3.30. The van der Waals surface area contributed by atoms with Crippen LogP contribution in [0.15, 0.2) is 35.1 Å². The van der Waals surface area contributed by atoms with E-state index in [9.17, 15) is 4.39 Å². The van der Waals surface area contributed by atoms with Gasteiger partial charge in [-0.2, -0.15) is 0 Å². The largest absolute Gasteiger partial charge is 0.263 e. The van der Waals surface area contributed by atoms with E-state index in [-0.39, 0.29) is 5.82 Å². The predicted molar refractivity (Wildman–Crippen MR) is 49.4 cm³/mol. The molecule has 1 heterocycles. The molecule has 0 radical (unpaired) electrons. The van der Waals surface area contributed by atoms with Crippen LogP contribution >= 0.6 is 15.9 Å². The molecule has 0 saturated carbocycles. The van der Waals surface area contributed by atoms with Crippen molar-refractivity contribution in [3.8, 4) is 0 Å². The Morgan fingerprint density at radius 3 is 2.92 bits per heavy atom. The molecule has 0 N–H and O–H groups in total. The molecule has 0 aliphatic rings. The Kier molecular flexibility index (Phi) is 1.81. The average Bonchev–Trinajstić information content (AvgIpc) is 2.07. The Morgan fingerprint density at radius 2 is 2.08 bits per heavy atom. The van der Waals surface area contributed by atoms with Crippen LogP contribution < -0.4 is 0 Å². The third-order valence-electron chi connectivity index (χ3n) is 1.67. The maximum absolute atomic E-state index is 12.8. The van der Waals surface area contributed by atoms with Gasteiger partial charge in [0.25, 0.3) is 0 Å². The summed E-state index contributed by atoms with van der Waals surface area (Å²) in [7, 11) is 0. The molecule has 2 rings (SSSR count). The Hall–Kier alpha value is -0.960. The van der Waals surface area contributed by atoms with Crippen LogP contribution in [-0.4, -0.2) is 4.98 Å². The molecule has 2 aromatic rings. The van der Waals surface area contributed by atoms with Gasteiger partial charge in [0.2, 0.25) is 0 Å². The first-order valence-corrected chi connectivity index (χ1v) is 4.25. The molecule has 12 heavy (non-hydrogen) atoms. The molecule has 0 saturated heterocycles. The Bertz CT molecular complexity index is 428. The van der Waals surface area contributed by atoms with Crippen LogP contribution in [0, 0.1) is 5.82 Å². The predicted octanol–water partition coefficient (Wildman–Crippen LogP) is 3.14. The Balaban J connectivity index is 2.88. The van der Waals surface area contributed by atoms with E-state index in [2.05, 4.69) is 20.9 Å². The highest BCUT2D eigenvalue weighted by Gasteiger charge is 1.99. The van der Waals surface area contributed by atoms with Crippen molar-refractivity contribution >= 4 is 26.7 Å². The number of benzene rings is 1.